The standard InChI is InChI=1S/C10H12N4S2/c1-2-3-11-8-6-9(14-7-13-8)16-10-12-4-5-15-10/h4-7H,2-3H2,1H3,(H,11,13,14). The smallest absolute Gasteiger partial charge is 0.156 e. The third-order valence-electron chi connectivity index (χ3n) is 1.80. The quantitative estimate of drug-likeness (QED) is 0.829. The van der Waals surface area contributed by atoms with E-state index in [1.807, 2.05) is 11.4 Å². The predicted octanol–water partition coefficient (Wildman–Crippen LogP) is 2.91. The maximum Gasteiger partial charge on any atom is 0.156 e. The minimum absolute atomic E-state index is 0.871. The molecule has 0 saturated heterocycles. The molecule has 0 fully saturated rings. The van der Waals surface area contributed by atoms with Crippen LogP contribution in [-0.2, 0) is 0 Å². The van der Waals surface area contributed by atoms with Gasteiger partial charge in [0.1, 0.15) is 17.2 Å². The van der Waals surface area contributed by atoms with E-state index in [-0.39, 0.29) is 0 Å². The van der Waals surface area contributed by atoms with E-state index in [0.717, 1.165) is 28.1 Å². The molecule has 6 heteroatoms. The lowest BCUT2D eigenvalue weighted by molar-refractivity contribution is 0.953. The molecular weight excluding hydrogens is 240 g/mol. The van der Waals surface area contributed by atoms with Gasteiger partial charge in [0.2, 0.25) is 0 Å². The van der Waals surface area contributed by atoms with Crippen molar-refractivity contribution in [1.82, 2.24) is 15.0 Å². The van der Waals surface area contributed by atoms with Crippen LogP contribution in [0.4, 0.5) is 5.82 Å². The van der Waals surface area contributed by atoms with Crippen LogP contribution in [0.5, 0.6) is 0 Å². The van der Waals surface area contributed by atoms with Gasteiger partial charge in [-0.25, -0.2) is 15.0 Å². The zero-order valence-electron chi connectivity index (χ0n) is 8.88. The van der Waals surface area contributed by atoms with Crippen molar-refractivity contribution < 1.29 is 0 Å². The fourth-order valence-corrected chi connectivity index (χ4v) is 2.63. The average molecular weight is 252 g/mol. The van der Waals surface area contributed by atoms with Gasteiger partial charge in [-0.05, 0) is 18.2 Å². The van der Waals surface area contributed by atoms with E-state index in [2.05, 4.69) is 27.2 Å². The predicted molar refractivity (Wildman–Crippen MR) is 67.0 cm³/mol. The van der Waals surface area contributed by atoms with Crippen molar-refractivity contribution in [3.05, 3.63) is 24.0 Å². The zero-order chi connectivity index (χ0) is 11.2. The van der Waals surface area contributed by atoms with Gasteiger partial charge >= 0.3 is 0 Å². The molecule has 0 aliphatic heterocycles. The Balaban J connectivity index is 2.04. The summed E-state index contributed by atoms with van der Waals surface area (Å²) in [7, 11) is 0. The van der Waals surface area contributed by atoms with Gasteiger partial charge in [0, 0.05) is 24.2 Å². The van der Waals surface area contributed by atoms with Crippen molar-refractivity contribution in [2.75, 3.05) is 11.9 Å². The van der Waals surface area contributed by atoms with Crippen LogP contribution < -0.4 is 5.32 Å². The first-order chi connectivity index (χ1) is 7.88. The number of aromatic nitrogens is 3. The summed E-state index contributed by atoms with van der Waals surface area (Å²) in [5.41, 5.74) is 0. The third-order valence-corrected chi connectivity index (χ3v) is 3.62. The number of thiazole rings is 1. The van der Waals surface area contributed by atoms with E-state index >= 15 is 0 Å². The number of rotatable bonds is 5. The highest BCUT2D eigenvalue weighted by Crippen LogP contribution is 2.28. The lowest BCUT2D eigenvalue weighted by atomic mass is 10.4. The van der Waals surface area contributed by atoms with E-state index in [0.29, 0.717) is 0 Å². The molecule has 4 nitrogen and oxygen atoms in total. The largest absolute Gasteiger partial charge is 0.370 e. The molecule has 2 aromatic rings. The summed E-state index contributed by atoms with van der Waals surface area (Å²) in [6.45, 7) is 3.05. The van der Waals surface area contributed by atoms with Gasteiger partial charge in [-0.15, -0.1) is 11.3 Å². The van der Waals surface area contributed by atoms with E-state index in [4.69, 9.17) is 0 Å². The first-order valence-electron chi connectivity index (χ1n) is 5.01. The van der Waals surface area contributed by atoms with Crippen LogP contribution in [0.1, 0.15) is 13.3 Å². The Bertz CT molecular complexity index is 430. The van der Waals surface area contributed by atoms with Crippen molar-refractivity contribution in [1.29, 1.82) is 0 Å². The fraction of sp³-hybridized carbons (Fsp3) is 0.300. The molecule has 0 spiro atoms. The van der Waals surface area contributed by atoms with Crippen LogP contribution in [0.3, 0.4) is 0 Å². The van der Waals surface area contributed by atoms with E-state index in [1.54, 1.807) is 35.6 Å². The minimum Gasteiger partial charge on any atom is -0.370 e. The van der Waals surface area contributed by atoms with Gasteiger partial charge in [0.25, 0.3) is 0 Å². The third kappa shape index (κ3) is 3.18. The molecule has 0 unspecified atom stereocenters. The van der Waals surface area contributed by atoms with E-state index in [9.17, 15) is 0 Å². The second-order valence-electron chi connectivity index (χ2n) is 3.07. The van der Waals surface area contributed by atoms with Crippen molar-refractivity contribution >= 4 is 28.9 Å². The van der Waals surface area contributed by atoms with Crippen molar-refractivity contribution in [2.24, 2.45) is 0 Å². The Labute approximate surface area is 103 Å². The number of hydrogen-bond donors (Lipinski definition) is 1. The number of nitrogens with one attached hydrogen (secondary N) is 1. The lowest BCUT2D eigenvalue weighted by Gasteiger charge is -2.03. The second-order valence-corrected chi connectivity index (χ2v) is 5.23. The van der Waals surface area contributed by atoms with Crippen LogP contribution in [0.15, 0.2) is 33.3 Å². The topological polar surface area (TPSA) is 50.7 Å². The molecule has 2 heterocycles. The molecular formula is C10H12N4S2. The molecule has 0 aromatic carbocycles. The molecule has 0 saturated carbocycles. The molecule has 0 atom stereocenters. The molecule has 2 rings (SSSR count). The van der Waals surface area contributed by atoms with Crippen molar-refractivity contribution in [3.63, 3.8) is 0 Å². The average Bonchev–Trinajstić information content (AvgIpc) is 2.80. The number of hydrogen-bond acceptors (Lipinski definition) is 6. The highest BCUT2D eigenvalue weighted by Gasteiger charge is 2.02. The minimum atomic E-state index is 0.871. The monoisotopic (exact) mass is 252 g/mol. The van der Waals surface area contributed by atoms with Crippen molar-refractivity contribution in [2.45, 2.75) is 22.7 Å². The maximum absolute atomic E-state index is 4.20. The highest BCUT2D eigenvalue weighted by atomic mass is 32.2. The Morgan fingerprint density at radius 3 is 3.06 bits per heavy atom. The van der Waals surface area contributed by atoms with Gasteiger partial charge in [-0.1, -0.05) is 6.92 Å². The summed E-state index contributed by atoms with van der Waals surface area (Å²) in [4.78, 5) is 12.6. The zero-order valence-corrected chi connectivity index (χ0v) is 10.5. The molecule has 84 valence electrons. The SMILES string of the molecule is CCCNc1cc(Sc2nccs2)ncn1. The molecule has 0 radical (unpaired) electrons. The highest BCUT2D eigenvalue weighted by molar-refractivity contribution is 8.01. The second kappa shape index (κ2) is 5.81. The summed E-state index contributed by atoms with van der Waals surface area (Å²) in [5.74, 6) is 0.871. The van der Waals surface area contributed by atoms with Crippen LogP contribution in [0, 0.1) is 0 Å². The summed E-state index contributed by atoms with van der Waals surface area (Å²) in [5, 5.41) is 6.11. The Hall–Kier alpha value is -1.14. The first-order valence-corrected chi connectivity index (χ1v) is 6.71. The van der Waals surface area contributed by atoms with Crippen LogP contribution in [0.25, 0.3) is 0 Å². The maximum atomic E-state index is 4.20. The molecule has 2 aromatic heterocycles. The summed E-state index contributed by atoms with van der Waals surface area (Å²) in [6.07, 6.45) is 4.46. The molecule has 0 aliphatic carbocycles. The van der Waals surface area contributed by atoms with Crippen LogP contribution >= 0.6 is 23.1 Å². The first kappa shape index (κ1) is 11.3. The Kier molecular flexibility index (Phi) is 4.12. The summed E-state index contributed by atoms with van der Waals surface area (Å²) in [6, 6.07) is 1.95. The van der Waals surface area contributed by atoms with Gasteiger partial charge in [-0.3, -0.25) is 0 Å². The Morgan fingerprint density at radius 2 is 2.31 bits per heavy atom. The molecule has 0 aliphatic rings. The normalized spacial score (nSPS) is 10.3. The summed E-state index contributed by atoms with van der Waals surface area (Å²) < 4.78 is 1.00. The van der Waals surface area contributed by atoms with Gasteiger partial charge in [0.15, 0.2) is 4.34 Å². The molecule has 16 heavy (non-hydrogen) atoms. The lowest BCUT2D eigenvalue weighted by Crippen LogP contribution is -2.02. The van der Waals surface area contributed by atoms with Crippen molar-refractivity contribution in [3.8, 4) is 0 Å². The fourth-order valence-electron chi connectivity index (χ4n) is 1.10. The van der Waals surface area contributed by atoms with Gasteiger partial charge < -0.3 is 5.32 Å². The van der Waals surface area contributed by atoms with Gasteiger partial charge in [0.05, 0.1) is 0 Å². The molecule has 1 N–H and O–H groups in total. The molecule has 0 bridgehead atoms. The van der Waals surface area contributed by atoms with Gasteiger partial charge in [-0.2, -0.15) is 0 Å². The number of anilines is 1. The molecule has 0 amide bonds. The summed E-state index contributed by atoms with van der Waals surface area (Å²) >= 11 is 3.17. The van der Waals surface area contributed by atoms with Crippen LogP contribution in [0.2, 0.25) is 0 Å². The van der Waals surface area contributed by atoms with E-state index < -0.39 is 0 Å². The number of nitrogens with zero attached hydrogens (tertiary/aromatic N) is 3. The van der Waals surface area contributed by atoms with E-state index in [1.165, 1.54) is 0 Å². The van der Waals surface area contributed by atoms with Crippen LogP contribution in [-0.4, -0.2) is 21.5 Å². The Morgan fingerprint density at radius 1 is 1.38 bits per heavy atom.